The lowest BCUT2D eigenvalue weighted by atomic mass is 9.78. The molecule has 27 heavy (non-hydrogen) atoms. The molecular formula is C19H25ClN6O. The summed E-state index contributed by atoms with van der Waals surface area (Å²) >= 11 is 6.52. The minimum atomic E-state index is 0.0858. The number of fused-ring (bicyclic) bond motifs is 4. The van der Waals surface area contributed by atoms with Gasteiger partial charge in [0.05, 0.1) is 11.7 Å². The van der Waals surface area contributed by atoms with Crippen LogP contribution in [0.25, 0.3) is 0 Å². The van der Waals surface area contributed by atoms with E-state index in [0.717, 1.165) is 31.7 Å². The van der Waals surface area contributed by atoms with Crippen molar-refractivity contribution in [1.82, 2.24) is 19.4 Å². The smallest absolute Gasteiger partial charge is 0.251 e. The van der Waals surface area contributed by atoms with E-state index in [1.165, 1.54) is 0 Å². The number of aromatic nitrogens is 3. The molecule has 0 amide bonds. The summed E-state index contributed by atoms with van der Waals surface area (Å²) in [6, 6.07) is 5.73. The van der Waals surface area contributed by atoms with E-state index in [1.807, 2.05) is 31.7 Å². The average Bonchev–Trinajstić information content (AvgIpc) is 2.61. The Balaban J connectivity index is 1.78. The van der Waals surface area contributed by atoms with E-state index < -0.39 is 0 Å². The highest BCUT2D eigenvalue weighted by Gasteiger charge is 2.41. The topological polar surface area (TPSA) is 80.3 Å². The Morgan fingerprint density at radius 1 is 1.30 bits per heavy atom. The van der Waals surface area contributed by atoms with Crippen LogP contribution in [0.2, 0.25) is 5.02 Å². The number of nitrogens with zero attached hydrogens (tertiary/aromatic N) is 5. The summed E-state index contributed by atoms with van der Waals surface area (Å²) < 4.78 is 2.01. The van der Waals surface area contributed by atoms with Crippen LogP contribution in [-0.4, -0.2) is 53.2 Å². The molecule has 144 valence electrons. The predicted molar refractivity (Wildman–Crippen MR) is 108 cm³/mol. The second-order valence-corrected chi connectivity index (χ2v) is 8.27. The molecule has 8 heteroatoms. The highest BCUT2D eigenvalue weighted by atomic mass is 35.5. The van der Waals surface area contributed by atoms with Crippen LogP contribution in [0, 0.1) is 12.8 Å². The first kappa shape index (κ1) is 18.3. The molecule has 2 aromatic heterocycles. The van der Waals surface area contributed by atoms with Crippen LogP contribution in [0.3, 0.4) is 0 Å². The van der Waals surface area contributed by atoms with Crippen molar-refractivity contribution >= 4 is 23.4 Å². The lowest BCUT2D eigenvalue weighted by Crippen LogP contribution is -2.51. The van der Waals surface area contributed by atoms with Crippen molar-refractivity contribution in [2.45, 2.75) is 25.3 Å². The first-order chi connectivity index (χ1) is 12.8. The standard InChI is InChI=1S/C19H25ClN6O/c1-11-17(20)18(23-19(21)22-11)25-8-12-7-13(9-25)15(10-24(2)3)26-14(12)5-4-6-16(26)27/h4-6,12-13,15H,7-10H2,1-3H3,(H2,21,22,23)/t12-,13+,15+/m1/s1. The minimum absolute atomic E-state index is 0.0858. The lowest BCUT2D eigenvalue weighted by Gasteiger charge is -2.48. The number of hydrogen-bond acceptors (Lipinski definition) is 6. The second-order valence-electron chi connectivity index (χ2n) is 7.89. The summed E-state index contributed by atoms with van der Waals surface area (Å²) in [5.41, 5.74) is 7.76. The maximum atomic E-state index is 12.7. The Bertz CT molecular complexity index is 927. The van der Waals surface area contributed by atoms with Crippen molar-refractivity contribution in [2.24, 2.45) is 5.92 Å². The highest BCUT2D eigenvalue weighted by molar-refractivity contribution is 6.33. The first-order valence-electron chi connectivity index (χ1n) is 9.26. The first-order valence-corrected chi connectivity index (χ1v) is 9.63. The van der Waals surface area contributed by atoms with Gasteiger partial charge in [-0.2, -0.15) is 4.98 Å². The van der Waals surface area contributed by atoms with E-state index in [4.69, 9.17) is 17.3 Å². The Hall–Kier alpha value is -2.12. The zero-order valence-corrected chi connectivity index (χ0v) is 16.6. The third-order valence-electron chi connectivity index (χ3n) is 5.67. The van der Waals surface area contributed by atoms with Crippen molar-refractivity contribution in [1.29, 1.82) is 0 Å². The number of rotatable bonds is 3. The molecule has 2 aliphatic heterocycles. The largest absolute Gasteiger partial charge is 0.368 e. The van der Waals surface area contributed by atoms with Crippen LogP contribution in [-0.2, 0) is 0 Å². The monoisotopic (exact) mass is 388 g/mol. The number of nitrogen functional groups attached to an aromatic ring is 1. The van der Waals surface area contributed by atoms with Gasteiger partial charge in [0.1, 0.15) is 5.02 Å². The van der Waals surface area contributed by atoms with Crippen molar-refractivity contribution in [3.8, 4) is 0 Å². The summed E-state index contributed by atoms with van der Waals surface area (Å²) in [7, 11) is 4.09. The molecule has 1 fully saturated rings. The van der Waals surface area contributed by atoms with Crippen molar-refractivity contribution in [2.75, 3.05) is 44.4 Å². The number of piperidine rings is 1. The van der Waals surface area contributed by atoms with Gasteiger partial charge in [-0.1, -0.05) is 17.7 Å². The summed E-state index contributed by atoms with van der Waals surface area (Å²) in [5.74, 6) is 1.55. The molecule has 2 aliphatic rings. The molecule has 0 unspecified atom stereocenters. The van der Waals surface area contributed by atoms with Crippen LogP contribution in [0.15, 0.2) is 23.0 Å². The lowest BCUT2D eigenvalue weighted by molar-refractivity contribution is 0.174. The van der Waals surface area contributed by atoms with Gasteiger partial charge in [-0.3, -0.25) is 4.79 Å². The third-order valence-corrected chi connectivity index (χ3v) is 6.11. The maximum Gasteiger partial charge on any atom is 0.251 e. The SMILES string of the molecule is Cc1nc(N)nc(N2C[C@H]3C[C@@H](C2)[C@H](CN(C)C)n2c3cccc2=O)c1Cl. The summed E-state index contributed by atoms with van der Waals surface area (Å²) in [4.78, 5) is 25.6. The van der Waals surface area contributed by atoms with Gasteiger partial charge in [0.25, 0.3) is 5.56 Å². The molecule has 0 aromatic carbocycles. The van der Waals surface area contributed by atoms with Crippen LogP contribution < -0.4 is 16.2 Å². The van der Waals surface area contributed by atoms with Gasteiger partial charge in [-0.15, -0.1) is 0 Å². The summed E-state index contributed by atoms with van der Waals surface area (Å²) in [5, 5.41) is 0.554. The number of anilines is 2. The van der Waals surface area contributed by atoms with E-state index >= 15 is 0 Å². The second kappa shape index (κ2) is 6.80. The number of likely N-dealkylation sites (N-methyl/N-ethyl adjacent to an activating group) is 1. The average molecular weight is 389 g/mol. The molecule has 4 rings (SSSR count). The number of nitrogens with two attached hydrogens (primary N) is 1. The molecule has 0 radical (unpaired) electrons. The van der Waals surface area contributed by atoms with E-state index in [9.17, 15) is 4.79 Å². The molecule has 2 aromatic rings. The van der Waals surface area contributed by atoms with Crippen LogP contribution in [0.1, 0.15) is 29.8 Å². The van der Waals surface area contributed by atoms with Gasteiger partial charge in [0.2, 0.25) is 5.95 Å². The fourth-order valence-electron chi connectivity index (χ4n) is 4.60. The fraction of sp³-hybridized carbons (Fsp3) is 0.526. The Morgan fingerprint density at radius 3 is 2.81 bits per heavy atom. The molecular weight excluding hydrogens is 364 g/mol. The summed E-state index contributed by atoms with van der Waals surface area (Å²) in [6.07, 6.45) is 1.07. The van der Waals surface area contributed by atoms with Crippen molar-refractivity contribution < 1.29 is 0 Å². The Kier molecular flexibility index (Phi) is 4.60. The van der Waals surface area contributed by atoms with Crippen molar-refractivity contribution in [3.63, 3.8) is 0 Å². The van der Waals surface area contributed by atoms with E-state index in [-0.39, 0.29) is 23.5 Å². The third kappa shape index (κ3) is 3.19. The summed E-state index contributed by atoms with van der Waals surface area (Å²) in [6.45, 7) is 4.23. The predicted octanol–water partition coefficient (Wildman–Crippen LogP) is 1.91. The Labute approximate surface area is 163 Å². The van der Waals surface area contributed by atoms with Gasteiger partial charge < -0.3 is 20.1 Å². The highest BCUT2D eigenvalue weighted by Crippen LogP contribution is 2.43. The normalized spacial score (nSPS) is 24.2. The molecule has 3 atom stereocenters. The quantitative estimate of drug-likeness (QED) is 0.865. The molecule has 1 saturated heterocycles. The number of hydrogen-bond donors (Lipinski definition) is 1. The number of halogens is 1. The van der Waals surface area contributed by atoms with Gasteiger partial charge in [-0.05, 0) is 39.4 Å². The van der Waals surface area contributed by atoms with Crippen LogP contribution in [0.5, 0.6) is 0 Å². The Morgan fingerprint density at radius 2 is 2.07 bits per heavy atom. The molecule has 2 bridgehead atoms. The van der Waals surface area contributed by atoms with E-state index in [1.54, 1.807) is 6.07 Å². The molecule has 0 spiro atoms. The molecule has 2 N–H and O–H groups in total. The molecule has 4 heterocycles. The number of pyridine rings is 1. The van der Waals surface area contributed by atoms with E-state index in [0.29, 0.717) is 22.5 Å². The zero-order valence-electron chi connectivity index (χ0n) is 15.9. The van der Waals surface area contributed by atoms with Crippen LogP contribution in [0.4, 0.5) is 11.8 Å². The van der Waals surface area contributed by atoms with Gasteiger partial charge in [-0.25, -0.2) is 4.98 Å². The molecule has 0 aliphatic carbocycles. The minimum Gasteiger partial charge on any atom is -0.368 e. The fourth-order valence-corrected chi connectivity index (χ4v) is 4.80. The number of aryl methyl sites for hydroxylation is 1. The van der Waals surface area contributed by atoms with Gasteiger partial charge in [0, 0.05) is 37.3 Å². The maximum absolute atomic E-state index is 12.7. The zero-order chi connectivity index (χ0) is 19.3. The molecule has 7 nitrogen and oxygen atoms in total. The van der Waals surface area contributed by atoms with E-state index in [2.05, 4.69) is 25.8 Å². The van der Waals surface area contributed by atoms with Gasteiger partial charge >= 0.3 is 0 Å². The van der Waals surface area contributed by atoms with Crippen LogP contribution >= 0.6 is 11.6 Å². The molecule has 0 saturated carbocycles. The van der Waals surface area contributed by atoms with Gasteiger partial charge in [0.15, 0.2) is 5.82 Å². The van der Waals surface area contributed by atoms with Crippen molar-refractivity contribution in [3.05, 3.63) is 45.0 Å².